The van der Waals surface area contributed by atoms with Crippen LogP contribution in [0.25, 0.3) is 0 Å². The van der Waals surface area contributed by atoms with Gasteiger partial charge in [-0.1, -0.05) is 11.6 Å². The SMILES string of the molecule is COc1cc(CO)cc(Cl)c1OC1CCOC1. The van der Waals surface area contributed by atoms with Gasteiger partial charge in [-0.05, 0) is 17.7 Å². The molecule has 17 heavy (non-hydrogen) atoms. The van der Waals surface area contributed by atoms with Gasteiger partial charge in [0, 0.05) is 6.42 Å². The van der Waals surface area contributed by atoms with Crippen molar-refractivity contribution in [2.75, 3.05) is 20.3 Å². The fourth-order valence-electron chi connectivity index (χ4n) is 1.75. The second kappa shape index (κ2) is 5.58. The molecular weight excluding hydrogens is 244 g/mol. The highest BCUT2D eigenvalue weighted by atomic mass is 35.5. The van der Waals surface area contributed by atoms with E-state index in [1.807, 2.05) is 0 Å². The zero-order valence-electron chi connectivity index (χ0n) is 9.61. The van der Waals surface area contributed by atoms with Crippen LogP contribution in [0.3, 0.4) is 0 Å². The van der Waals surface area contributed by atoms with E-state index >= 15 is 0 Å². The van der Waals surface area contributed by atoms with Crippen molar-refractivity contribution in [2.24, 2.45) is 0 Å². The van der Waals surface area contributed by atoms with Crippen molar-refractivity contribution in [3.63, 3.8) is 0 Å². The van der Waals surface area contributed by atoms with Gasteiger partial charge in [-0.3, -0.25) is 0 Å². The molecule has 1 fully saturated rings. The van der Waals surface area contributed by atoms with Crippen LogP contribution in [-0.2, 0) is 11.3 Å². The highest BCUT2D eigenvalue weighted by Crippen LogP contribution is 2.37. The summed E-state index contributed by atoms with van der Waals surface area (Å²) >= 11 is 6.11. The van der Waals surface area contributed by atoms with Crippen molar-refractivity contribution in [2.45, 2.75) is 19.1 Å². The number of rotatable bonds is 4. The normalized spacial score (nSPS) is 19.4. The Morgan fingerprint density at radius 3 is 2.94 bits per heavy atom. The van der Waals surface area contributed by atoms with Crippen LogP contribution in [0.5, 0.6) is 11.5 Å². The average Bonchev–Trinajstić information content (AvgIpc) is 2.84. The van der Waals surface area contributed by atoms with Gasteiger partial charge in [-0.2, -0.15) is 0 Å². The number of hydrogen-bond acceptors (Lipinski definition) is 4. The smallest absolute Gasteiger partial charge is 0.180 e. The van der Waals surface area contributed by atoms with Crippen LogP contribution < -0.4 is 9.47 Å². The Bertz CT molecular complexity index is 388. The van der Waals surface area contributed by atoms with Crippen LogP contribution >= 0.6 is 11.6 Å². The van der Waals surface area contributed by atoms with E-state index in [0.717, 1.165) is 6.42 Å². The lowest BCUT2D eigenvalue weighted by Gasteiger charge is -2.17. The molecule has 94 valence electrons. The Hall–Kier alpha value is -0.970. The van der Waals surface area contributed by atoms with Gasteiger partial charge in [0.05, 0.1) is 32.0 Å². The van der Waals surface area contributed by atoms with Gasteiger partial charge < -0.3 is 19.3 Å². The van der Waals surface area contributed by atoms with Crippen molar-refractivity contribution in [3.05, 3.63) is 22.7 Å². The Kier molecular flexibility index (Phi) is 4.10. The van der Waals surface area contributed by atoms with Crippen LogP contribution in [0.4, 0.5) is 0 Å². The standard InChI is InChI=1S/C12H15ClO4/c1-15-11-5-8(6-14)4-10(13)12(11)17-9-2-3-16-7-9/h4-5,9,14H,2-3,6-7H2,1H3. The van der Waals surface area contributed by atoms with E-state index < -0.39 is 0 Å². The number of hydrogen-bond donors (Lipinski definition) is 1. The van der Waals surface area contributed by atoms with Crippen LogP contribution in [0.15, 0.2) is 12.1 Å². The zero-order chi connectivity index (χ0) is 12.3. The molecule has 5 heteroatoms. The summed E-state index contributed by atoms with van der Waals surface area (Å²) in [7, 11) is 1.55. The largest absolute Gasteiger partial charge is 0.493 e. The Labute approximate surface area is 105 Å². The highest BCUT2D eigenvalue weighted by Gasteiger charge is 2.21. The predicted molar refractivity (Wildman–Crippen MR) is 63.8 cm³/mol. The van der Waals surface area contributed by atoms with Gasteiger partial charge in [-0.15, -0.1) is 0 Å². The van der Waals surface area contributed by atoms with Crippen molar-refractivity contribution < 1.29 is 19.3 Å². The lowest BCUT2D eigenvalue weighted by atomic mass is 10.2. The molecule has 1 aromatic rings. The van der Waals surface area contributed by atoms with Crippen LogP contribution in [-0.4, -0.2) is 31.5 Å². The summed E-state index contributed by atoms with van der Waals surface area (Å²) in [4.78, 5) is 0. The quantitative estimate of drug-likeness (QED) is 0.898. The summed E-state index contributed by atoms with van der Waals surface area (Å²) in [5.74, 6) is 1.05. The number of methoxy groups -OCH3 is 1. The van der Waals surface area contributed by atoms with E-state index in [-0.39, 0.29) is 12.7 Å². The fraction of sp³-hybridized carbons (Fsp3) is 0.500. The molecular formula is C12H15ClO4. The first-order valence-corrected chi connectivity index (χ1v) is 5.84. The van der Waals surface area contributed by atoms with E-state index in [2.05, 4.69) is 0 Å². The van der Waals surface area contributed by atoms with Gasteiger partial charge in [-0.25, -0.2) is 0 Å². The van der Waals surface area contributed by atoms with E-state index in [0.29, 0.717) is 35.3 Å². The van der Waals surface area contributed by atoms with Crippen molar-refractivity contribution >= 4 is 11.6 Å². The average molecular weight is 259 g/mol. The van der Waals surface area contributed by atoms with Crippen molar-refractivity contribution in [1.82, 2.24) is 0 Å². The second-order valence-corrected chi connectivity index (χ2v) is 4.28. The first-order chi connectivity index (χ1) is 8.24. The van der Waals surface area contributed by atoms with Crippen molar-refractivity contribution in [3.8, 4) is 11.5 Å². The maximum atomic E-state index is 9.08. The monoisotopic (exact) mass is 258 g/mol. The first kappa shape index (κ1) is 12.5. The zero-order valence-corrected chi connectivity index (χ0v) is 10.4. The van der Waals surface area contributed by atoms with Crippen LogP contribution in [0.1, 0.15) is 12.0 Å². The highest BCUT2D eigenvalue weighted by molar-refractivity contribution is 6.32. The Balaban J connectivity index is 2.24. The molecule has 0 radical (unpaired) electrons. The fourth-order valence-corrected chi connectivity index (χ4v) is 2.03. The molecule has 0 amide bonds. The molecule has 4 nitrogen and oxygen atoms in total. The van der Waals surface area contributed by atoms with Gasteiger partial charge >= 0.3 is 0 Å². The number of ether oxygens (including phenoxy) is 3. The summed E-state index contributed by atoms with van der Waals surface area (Å²) in [5.41, 5.74) is 0.696. The summed E-state index contributed by atoms with van der Waals surface area (Å²) < 4.78 is 16.2. The van der Waals surface area contributed by atoms with Gasteiger partial charge in [0.1, 0.15) is 6.10 Å². The molecule has 1 saturated heterocycles. The third kappa shape index (κ3) is 2.83. The molecule has 1 aliphatic heterocycles. The van der Waals surface area contributed by atoms with Gasteiger partial charge in [0.15, 0.2) is 11.5 Å². The molecule has 1 unspecified atom stereocenters. The van der Waals surface area contributed by atoms with Gasteiger partial charge in [0.25, 0.3) is 0 Å². The molecule has 0 saturated carbocycles. The number of halogens is 1. The number of aliphatic hydroxyl groups excluding tert-OH is 1. The summed E-state index contributed by atoms with van der Waals surface area (Å²) in [6.45, 7) is 1.20. The lowest BCUT2D eigenvalue weighted by Crippen LogP contribution is -2.16. The Morgan fingerprint density at radius 1 is 1.53 bits per heavy atom. The van der Waals surface area contributed by atoms with E-state index in [1.165, 1.54) is 0 Å². The summed E-state index contributed by atoms with van der Waals surface area (Å²) in [6, 6.07) is 3.40. The van der Waals surface area contributed by atoms with E-state index in [4.69, 9.17) is 30.9 Å². The molecule has 0 spiro atoms. The number of benzene rings is 1. The molecule has 1 atom stereocenters. The molecule has 0 bridgehead atoms. The molecule has 0 aliphatic carbocycles. The molecule has 1 aliphatic rings. The molecule has 2 rings (SSSR count). The maximum absolute atomic E-state index is 9.08. The third-order valence-electron chi connectivity index (χ3n) is 2.64. The second-order valence-electron chi connectivity index (χ2n) is 3.87. The Morgan fingerprint density at radius 2 is 2.35 bits per heavy atom. The van der Waals surface area contributed by atoms with Crippen molar-refractivity contribution in [1.29, 1.82) is 0 Å². The van der Waals surface area contributed by atoms with E-state index in [1.54, 1.807) is 19.2 Å². The topological polar surface area (TPSA) is 47.9 Å². The van der Waals surface area contributed by atoms with E-state index in [9.17, 15) is 0 Å². The molecule has 1 heterocycles. The first-order valence-electron chi connectivity index (χ1n) is 5.46. The van der Waals surface area contributed by atoms with Crippen LogP contribution in [0.2, 0.25) is 5.02 Å². The molecule has 1 aromatic carbocycles. The minimum absolute atomic E-state index is 0.0152. The summed E-state index contributed by atoms with van der Waals surface area (Å²) in [5, 5.41) is 9.53. The summed E-state index contributed by atoms with van der Waals surface area (Å²) in [6.07, 6.45) is 0.864. The van der Waals surface area contributed by atoms with Crippen LogP contribution in [0, 0.1) is 0 Å². The number of aliphatic hydroxyl groups is 1. The minimum atomic E-state index is -0.0805. The lowest BCUT2D eigenvalue weighted by molar-refractivity contribution is 0.138. The predicted octanol–water partition coefficient (Wildman–Crippen LogP) is 2.01. The maximum Gasteiger partial charge on any atom is 0.180 e. The molecule has 0 aromatic heterocycles. The molecule has 1 N–H and O–H groups in total. The third-order valence-corrected chi connectivity index (χ3v) is 2.92. The minimum Gasteiger partial charge on any atom is -0.493 e. The van der Waals surface area contributed by atoms with Gasteiger partial charge in [0.2, 0.25) is 0 Å².